The molecular formula is C12H21N3O3. The first kappa shape index (κ1) is 16.2. The van der Waals surface area contributed by atoms with Gasteiger partial charge in [-0.15, -0.1) is 0 Å². The molecule has 6 heteroatoms. The lowest BCUT2D eigenvalue weighted by molar-refractivity contribution is 0.111. The second kappa shape index (κ2) is 9.23. The predicted molar refractivity (Wildman–Crippen MR) is 69.4 cm³/mol. The first-order valence-corrected chi connectivity index (χ1v) is 5.80. The van der Waals surface area contributed by atoms with E-state index in [1.807, 2.05) is 13.8 Å². The number of rotatable bonds is 2. The second-order valence-corrected chi connectivity index (χ2v) is 3.53. The van der Waals surface area contributed by atoms with Gasteiger partial charge in [0.15, 0.2) is 6.29 Å². The highest BCUT2D eigenvalue weighted by Gasteiger charge is 2.28. The van der Waals surface area contributed by atoms with Gasteiger partial charge in [-0.05, 0) is 32.5 Å². The van der Waals surface area contributed by atoms with Crippen molar-refractivity contribution in [2.24, 2.45) is 5.73 Å². The standard InChI is InChI=1S/C6H11NO2.C5H5NO.CH5N/c1-3-5-4(2)7-6(8)9-5;7-4-5-2-1-3-6-5;1-2/h4-5H,3H2,1-2H3,(H,7,8);1-4,6H;2H2,1H3/t4-,5+;;/m0../s1. The van der Waals surface area contributed by atoms with Crippen molar-refractivity contribution in [1.82, 2.24) is 10.3 Å². The van der Waals surface area contributed by atoms with Crippen LogP contribution < -0.4 is 11.1 Å². The second-order valence-electron chi connectivity index (χ2n) is 3.53. The van der Waals surface area contributed by atoms with E-state index in [1.165, 1.54) is 7.05 Å². The Bertz CT molecular complexity index is 338. The zero-order chi connectivity index (χ0) is 14.0. The number of aromatic amines is 1. The van der Waals surface area contributed by atoms with Crippen LogP contribution in [0.2, 0.25) is 0 Å². The van der Waals surface area contributed by atoms with E-state index in [4.69, 9.17) is 4.74 Å². The highest BCUT2D eigenvalue weighted by atomic mass is 16.6. The maximum absolute atomic E-state index is 10.5. The fourth-order valence-electron chi connectivity index (χ4n) is 1.41. The van der Waals surface area contributed by atoms with Gasteiger partial charge >= 0.3 is 6.09 Å². The summed E-state index contributed by atoms with van der Waals surface area (Å²) in [6.45, 7) is 3.94. The number of nitrogens with one attached hydrogen (secondary N) is 2. The van der Waals surface area contributed by atoms with Crippen molar-refractivity contribution in [3.8, 4) is 0 Å². The van der Waals surface area contributed by atoms with Gasteiger partial charge in [-0.2, -0.15) is 0 Å². The molecule has 0 radical (unpaired) electrons. The molecule has 1 amide bonds. The number of ether oxygens (including phenoxy) is 1. The highest BCUT2D eigenvalue weighted by molar-refractivity contribution is 5.71. The lowest BCUT2D eigenvalue weighted by Gasteiger charge is -2.07. The van der Waals surface area contributed by atoms with Crippen LogP contribution >= 0.6 is 0 Å². The quantitative estimate of drug-likeness (QED) is 0.694. The molecule has 6 nitrogen and oxygen atoms in total. The summed E-state index contributed by atoms with van der Waals surface area (Å²) in [4.78, 5) is 23.0. The average Bonchev–Trinajstić information content (AvgIpc) is 3.01. The van der Waals surface area contributed by atoms with Crippen molar-refractivity contribution in [1.29, 1.82) is 0 Å². The van der Waals surface area contributed by atoms with E-state index in [-0.39, 0.29) is 18.2 Å². The van der Waals surface area contributed by atoms with Gasteiger partial charge in [-0.25, -0.2) is 4.79 Å². The fourth-order valence-corrected chi connectivity index (χ4v) is 1.41. The summed E-state index contributed by atoms with van der Waals surface area (Å²) in [5.41, 5.74) is 5.12. The normalized spacial score (nSPS) is 20.6. The van der Waals surface area contributed by atoms with Gasteiger partial charge in [-0.3, -0.25) is 4.79 Å². The van der Waals surface area contributed by atoms with E-state index in [9.17, 15) is 9.59 Å². The molecule has 0 spiro atoms. The maximum atomic E-state index is 10.5. The molecule has 1 aliphatic rings. The smallest absolute Gasteiger partial charge is 0.407 e. The minimum atomic E-state index is -0.283. The third-order valence-electron chi connectivity index (χ3n) is 2.31. The summed E-state index contributed by atoms with van der Waals surface area (Å²) >= 11 is 0. The number of aromatic nitrogens is 1. The molecule has 18 heavy (non-hydrogen) atoms. The molecule has 1 fully saturated rings. The third kappa shape index (κ3) is 5.49. The molecule has 1 aromatic rings. The van der Waals surface area contributed by atoms with Crippen LogP contribution in [0.3, 0.4) is 0 Å². The lowest BCUT2D eigenvalue weighted by atomic mass is 10.1. The van der Waals surface area contributed by atoms with Crippen molar-refractivity contribution in [2.75, 3.05) is 7.05 Å². The number of alkyl carbamates (subject to hydrolysis) is 1. The number of carbonyl (C=O) groups is 2. The number of aldehydes is 1. The monoisotopic (exact) mass is 255 g/mol. The van der Waals surface area contributed by atoms with Gasteiger partial charge in [0.1, 0.15) is 6.10 Å². The summed E-state index contributed by atoms with van der Waals surface area (Å²) in [6, 6.07) is 3.68. The number of hydrogen-bond acceptors (Lipinski definition) is 4. The Kier molecular flexibility index (Phi) is 8.30. The Morgan fingerprint density at radius 3 is 2.39 bits per heavy atom. The van der Waals surface area contributed by atoms with Crippen LogP contribution in [0.25, 0.3) is 0 Å². The van der Waals surface area contributed by atoms with Crippen LogP contribution in [0.4, 0.5) is 4.79 Å². The zero-order valence-corrected chi connectivity index (χ0v) is 11.0. The molecule has 2 atom stereocenters. The topological polar surface area (TPSA) is 97.2 Å². The van der Waals surface area contributed by atoms with Crippen molar-refractivity contribution >= 4 is 12.4 Å². The summed E-state index contributed by atoms with van der Waals surface area (Å²) < 4.78 is 4.87. The Morgan fingerprint density at radius 2 is 2.17 bits per heavy atom. The molecule has 0 aromatic carbocycles. The summed E-state index contributed by atoms with van der Waals surface area (Å²) in [5, 5.41) is 2.66. The molecule has 0 bridgehead atoms. The van der Waals surface area contributed by atoms with Crippen molar-refractivity contribution in [3.63, 3.8) is 0 Å². The van der Waals surface area contributed by atoms with Crippen LogP contribution in [-0.2, 0) is 4.74 Å². The summed E-state index contributed by atoms with van der Waals surface area (Å²) in [6.07, 6.45) is 3.18. The number of hydrogen-bond donors (Lipinski definition) is 3. The number of carbonyl (C=O) groups excluding carboxylic acids is 2. The van der Waals surface area contributed by atoms with Crippen LogP contribution in [-0.4, -0.2) is 36.6 Å². The van der Waals surface area contributed by atoms with Crippen molar-refractivity contribution in [2.45, 2.75) is 32.4 Å². The van der Waals surface area contributed by atoms with Crippen LogP contribution in [0, 0.1) is 0 Å². The number of nitrogens with two attached hydrogens (primary N) is 1. The molecule has 1 saturated heterocycles. The molecule has 4 N–H and O–H groups in total. The molecule has 0 saturated carbocycles. The molecule has 2 rings (SSSR count). The van der Waals surface area contributed by atoms with Gasteiger partial charge < -0.3 is 20.8 Å². The van der Waals surface area contributed by atoms with E-state index in [1.54, 1.807) is 18.3 Å². The van der Waals surface area contributed by atoms with E-state index in [0.717, 1.165) is 12.7 Å². The Morgan fingerprint density at radius 1 is 1.50 bits per heavy atom. The minimum absolute atomic E-state index is 0.0810. The highest BCUT2D eigenvalue weighted by Crippen LogP contribution is 2.10. The first-order valence-electron chi connectivity index (χ1n) is 5.80. The van der Waals surface area contributed by atoms with Crippen molar-refractivity contribution < 1.29 is 14.3 Å². The van der Waals surface area contributed by atoms with E-state index in [0.29, 0.717) is 5.69 Å². The Labute approximate surface area is 107 Å². The number of H-pyrrole nitrogens is 1. The SMILES string of the molecule is CC[C@H]1OC(=O)N[C@H]1C.CN.O=Cc1ccc[nH]1. The van der Waals surface area contributed by atoms with Gasteiger partial charge in [0.25, 0.3) is 0 Å². The fraction of sp³-hybridized carbons (Fsp3) is 0.500. The predicted octanol–water partition coefficient (Wildman–Crippen LogP) is 1.30. The molecule has 1 aromatic heterocycles. The van der Waals surface area contributed by atoms with E-state index < -0.39 is 0 Å². The van der Waals surface area contributed by atoms with Crippen molar-refractivity contribution in [3.05, 3.63) is 24.0 Å². The minimum Gasteiger partial charge on any atom is -0.444 e. The van der Waals surface area contributed by atoms with Gasteiger partial charge in [0, 0.05) is 6.20 Å². The third-order valence-corrected chi connectivity index (χ3v) is 2.31. The molecule has 102 valence electrons. The first-order chi connectivity index (χ1) is 8.67. The zero-order valence-electron chi connectivity index (χ0n) is 11.0. The van der Waals surface area contributed by atoms with Gasteiger partial charge in [0.2, 0.25) is 0 Å². The maximum Gasteiger partial charge on any atom is 0.407 e. The summed E-state index contributed by atoms with van der Waals surface area (Å²) in [7, 11) is 1.50. The van der Waals surface area contributed by atoms with Crippen LogP contribution in [0.1, 0.15) is 30.8 Å². The van der Waals surface area contributed by atoms with E-state index in [2.05, 4.69) is 16.0 Å². The largest absolute Gasteiger partial charge is 0.444 e. The van der Waals surface area contributed by atoms with Crippen LogP contribution in [0.5, 0.6) is 0 Å². The lowest BCUT2D eigenvalue weighted by Crippen LogP contribution is -2.27. The number of cyclic esters (lactones) is 1. The Balaban J connectivity index is 0.000000289. The number of amides is 1. The van der Waals surface area contributed by atoms with Crippen LogP contribution in [0.15, 0.2) is 18.3 Å². The Hall–Kier alpha value is -1.82. The molecular weight excluding hydrogens is 234 g/mol. The van der Waals surface area contributed by atoms with E-state index >= 15 is 0 Å². The van der Waals surface area contributed by atoms with Gasteiger partial charge in [0.05, 0.1) is 11.7 Å². The molecule has 2 heterocycles. The van der Waals surface area contributed by atoms with Gasteiger partial charge in [-0.1, -0.05) is 6.92 Å². The average molecular weight is 255 g/mol. The summed E-state index contributed by atoms with van der Waals surface area (Å²) in [5.74, 6) is 0. The molecule has 0 aliphatic carbocycles. The molecule has 1 aliphatic heterocycles. The molecule has 0 unspecified atom stereocenters.